The standard InChI is InChI=1S/C24H20N6O/c1-2-22-20(15-26-30(22)19-7-4-3-5-8-19)23(31)27-18-11-9-17(10-12-18)21-16-29-14-6-13-25-24(29)28-21/h3-16H,2H2,1H3,(H,27,31). The van der Waals surface area contributed by atoms with Crippen molar-refractivity contribution < 1.29 is 4.79 Å². The first-order valence-electron chi connectivity index (χ1n) is 10.1. The Morgan fingerprint density at radius 2 is 1.84 bits per heavy atom. The van der Waals surface area contributed by atoms with Crippen LogP contribution in [0.3, 0.4) is 0 Å². The molecule has 5 aromatic rings. The molecule has 0 fully saturated rings. The van der Waals surface area contributed by atoms with Gasteiger partial charge in [0.05, 0.1) is 28.8 Å². The molecule has 31 heavy (non-hydrogen) atoms. The minimum Gasteiger partial charge on any atom is -0.322 e. The lowest BCUT2D eigenvalue weighted by atomic mass is 10.1. The van der Waals surface area contributed by atoms with Gasteiger partial charge in [0.2, 0.25) is 5.78 Å². The fourth-order valence-electron chi connectivity index (χ4n) is 3.59. The van der Waals surface area contributed by atoms with E-state index in [2.05, 4.69) is 20.4 Å². The van der Waals surface area contributed by atoms with Crippen molar-refractivity contribution in [2.24, 2.45) is 0 Å². The Balaban J connectivity index is 1.37. The first kappa shape index (κ1) is 18.7. The third-order valence-electron chi connectivity index (χ3n) is 5.12. The van der Waals surface area contributed by atoms with E-state index in [0.717, 1.165) is 22.6 Å². The van der Waals surface area contributed by atoms with Gasteiger partial charge in [-0.1, -0.05) is 37.3 Å². The molecular formula is C24H20N6O. The monoisotopic (exact) mass is 408 g/mol. The highest BCUT2D eigenvalue weighted by molar-refractivity contribution is 6.05. The molecular weight excluding hydrogens is 388 g/mol. The topological polar surface area (TPSA) is 77.1 Å². The molecule has 3 heterocycles. The zero-order chi connectivity index (χ0) is 21.2. The van der Waals surface area contributed by atoms with Crippen LogP contribution in [0, 0.1) is 0 Å². The van der Waals surface area contributed by atoms with Gasteiger partial charge >= 0.3 is 0 Å². The summed E-state index contributed by atoms with van der Waals surface area (Å²) in [5.74, 6) is 0.473. The van der Waals surface area contributed by atoms with E-state index in [1.165, 1.54) is 0 Å². The van der Waals surface area contributed by atoms with E-state index in [1.807, 2.05) is 89.1 Å². The minimum atomic E-state index is -0.177. The van der Waals surface area contributed by atoms with Crippen molar-refractivity contribution in [2.45, 2.75) is 13.3 Å². The van der Waals surface area contributed by atoms with Gasteiger partial charge in [-0.2, -0.15) is 5.10 Å². The number of anilines is 1. The number of fused-ring (bicyclic) bond motifs is 1. The Morgan fingerprint density at radius 3 is 2.58 bits per heavy atom. The molecule has 0 aliphatic heterocycles. The summed E-state index contributed by atoms with van der Waals surface area (Å²) in [6.45, 7) is 2.02. The van der Waals surface area contributed by atoms with Gasteiger partial charge in [-0.3, -0.25) is 9.20 Å². The van der Waals surface area contributed by atoms with E-state index < -0.39 is 0 Å². The molecule has 0 atom stereocenters. The van der Waals surface area contributed by atoms with Crippen molar-refractivity contribution in [2.75, 3.05) is 5.32 Å². The van der Waals surface area contributed by atoms with Crippen LogP contribution >= 0.6 is 0 Å². The molecule has 1 amide bonds. The molecule has 0 aliphatic carbocycles. The molecule has 0 aliphatic rings. The van der Waals surface area contributed by atoms with Crippen molar-refractivity contribution in [3.8, 4) is 16.9 Å². The molecule has 2 aromatic carbocycles. The number of amides is 1. The summed E-state index contributed by atoms with van der Waals surface area (Å²) in [5.41, 5.74) is 4.87. The van der Waals surface area contributed by atoms with Crippen LogP contribution in [0.4, 0.5) is 5.69 Å². The lowest BCUT2D eigenvalue weighted by Gasteiger charge is -2.09. The van der Waals surface area contributed by atoms with Crippen LogP contribution in [0.1, 0.15) is 23.0 Å². The Bertz CT molecular complexity index is 1320. The number of carbonyl (C=O) groups is 1. The molecule has 152 valence electrons. The lowest BCUT2D eigenvalue weighted by Crippen LogP contribution is -2.14. The number of para-hydroxylation sites is 1. The summed E-state index contributed by atoms with van der Waals surface area (Å²) >= 11 is 0. The Kier molecular flexibility index (Phi) is 4.76. The van der Waals surface area contributed by atoms with Crippen molar-refractivity contribution >= 4 is 17.4 Å². The number of imidazole rings is 1. The van der Waals surface area contributed by atoms with Crippen LogP contribution in [0.15, 0.2) is 85.5 Å². The molecule has 0 bridgehead atoms. The normalized spacial score (nSPS) is 11.0. The third-order valence-corrected chi connectivity index (χ3v) is 5.12. The fourth-order valence-corrected chi connectivity index (χ4v) is 3.59. The Hall–Kier alpha value is -4.26. The largest absolute Gasteiger partial charge is 0.322 e. The van der Waals surface area contributed by atoms with Crippen molar-refractivity contribution in [1.29, 1.82) is 0 Å². The second-order valence-corrected chi connectivity index (χ2v) is 7.09. The van der Waals surface area contributed by atoms with Crippen molar-refractivity contribution in [1.82, 2.24) is 24.1 Å². The van der Waals surface area contributed by atoms with Gasteiger partial charge in [-0.05, 0) is 36.8 Å². The van der Waals surface area contributed by atoms with E-state index >= 15 is 0 Å². The van der Waals surface area contributed by atoms with E-state index in [0.29, 0.717) is 23.4 Å². The second kappa shape index (κ2) is 7.87. The van der Waals surface area contributed by atoms with Crippen LogP contribution in [0.5, 0.6) is 0 Å². The van der Waals surface area contributed by atoms with Gasteiger partial charge in [-0.15, -0.1) is 0 Å². The first-order valence-corrected chi connectivity index (χ1v) is 10.1. The smallest absolute Gasteiger partial charge is 0.259 e. The molecule has 0 saturated heterocycles. The quantitative estimate of drug-likeness (QED) is 0.468. The van der Waals surface area contributed by atoms with Crippen LogP contribution in [0.25, 0.3) is 22.7 Å². The maximum atomic E-state index is 12.9. The minimum absolute atomic E-state index is 0.177. The van der Waals surface area contributed by atoms with Gasteiger partial charge in [-0.25, -0.2) is 14.6 Å². The molecule has 1 N–H and O–H groups in total. The van der Waals surface area contributed by atoms with E-state index in [4.69, 9.17) is 0 Å². The molecule has 7 nitrogen and oxygen atoms in total. The molecule has 7 heteroatoms. The average molecular weight is 408 g/mol. The highest BCUT2D eigenvalue weighted by Crippen LogP contribution is 2.22. The molecule has 0 radical (unpaired) electrons. The SMILES string of the molecule is CCc1c(C(=O)Nc2ccc(-c3cn4cccnc4n3)cc2)cnn1-c1ccccc1. The Morgan fingerprint density at radius 1 is 1.03 bits per heavy atom. The zero-order valence-electron chi connectivity index (χ0n) is 16.9. The highest BCUT2D eigenvalue weighted by Gasteiger charge is 2.17. The van der Waals surface area contributed by atoms with Crippen molar-refractivity contribution in [3.05, 3.63) is 96.7 Å². The van der Waals surface area contributed by atoms with Crippen LogP contribution < -0.4 is 5.32 Å². The molecule has 5 rings (SSSR count). The number of aromatic nitrogens is 5. The van der Waals surface area contributed by atoms with Crippen LogP contribution in [-0.4, -0.2) is 30.1 Å². The summed E-state index contributed by atoms with van der Waals surface area (Å²) < 4.78 is 3.69. The predicted molar refractivity (Wildman–Crippen MR) is 119 cm³/mol. The lowest BCUT2D eigenvalue weighted by molar-refractivity contribution is 0.102. The van der Waals surface area contributed by atoms with Crippen LogP contribution in [-0.2, 0) is 6.42 Å². The zero-order valence-corrected chi connectivity index (χ0v) is 16.9. The first-order chi connectivity index (χ1) is 15.2. The summed E-state index contributed by atoms with van der Waals surface area (Å²) in [6.07, 6.45) is 7.88. The van der Waals surface area contributed by atoms with Gasteiger partial charge in [0.1, 0.15) is 0 Å². The molecule has 3 aromatic heterocycles. The summed E-state index contributed by atoms with van der Waals surface area (Å²) in [4.78, 5) is 21.7. The van der Waals surface area contributed by atoms with Gasteiger partial charge in [0, 0.05) is 29.8 Å². The van der Waals surface area contributed by atoms with E-state index in [-0.39, 0.29) is 5.91 Å². The number of hydrogen-bond acceptors (Lipinski definition) is 4. The summed E-state index contributed by atoms with van der Waals surface area (Å²) in [6, 6.07) is 19.3. The van der Waals surface area contributed by atoms with E-state index in [1.54, 1.807) is 12.4 Å². The van der Waals surface area contributed by atoms with Crippen molar-refractivity contribution in [3.63, 3.8) is 0 Å². The van der Waals surface area contributed by atoms with E-state index in [9.17, 15) is 4.79 Å². The maximum absolute atomic E-state index is 12.9. The third kappa shape index (κ3) is 3.57. The number of benzene rings is 2. The number of carbonyl (C=O) groups excluding carboxylic acids is 1. The highest BCUT2D eigenvalue weighted by atomic mass is 16.1. The fraction of sp³-hybridized carbons (Fsp3) is 0.0833. The maximum Gasteiger partial charge on any atom is 0.259 e. The average Bonchev–Trinajstić information content (AvgIpc) is 3.44. The van der Waals surface area contributed by atoms with Crippen LogP contribution in [0.2, 0.25) is 0 Å². The Labute approximate surface area is 179 Å². The van der Waals surface area contributed by atoms with Gasteiger partial charge in [0.15, 0.2) is 0 Å². The summed E-state index contributed by atoms with van der Waals surface area (Å²) in [5, 5.41) is 7.41. The molecule has 0 spiro atoms. The molecule has 0 saturated carbocycles. The summed E-state index contributed by atoms with van der Waals surface area (Å²) in [7, 11) is 0. The molecule has 0 unspecified atom stereocenters. The predicted octanol–water partition coefficient (Wildman–Crippen LogP) is 4.40. The number of nitrogens with one attached hydrogen (secondary N) is 1. The number of nitrogens with zero attached hydrogens (tertiary/aromatic N) is 5. The number of rotatable bonds is 5. The second-order valence-electron chi connectivity index (χ2n) is 7.09. The van der Waals surface area contributed by atoms with Gasteiger partial charge in [0.25, 0.3) is 5.91 Å². The van der Waals surface area contributed by atoms with Gasteiger partial charge < -0.3 is 5.32 Å². The number of hydrogen-bond donors (Lipinski definition) is 1.